The molecule has 2 aliphatic rings. The Labute approximate surface area is 97.2 Å². The van der Waals surface area contributed by atoms with Gasteiger partial charge in [-0.15, -0.1) is 0 Å². The Kier molecular flexibility index (Phi) is 3.31. The van der Waals surface area contributed by atoms with Gasteiger partial charge in [0.05, 0.1) is 6.54 Å². The lowest BCUT2D eigenvalue weighted by atomic mass is 9.74. The fraction of sp³-hybridized carbons (Fsp3) is 0.846. The standard InChI is InChI=1S/C13H21NO2/c1-13(7-3-2-4-8-13)12(16)14-9-5-6-11(15)10-14/h2-10H2,1H3. The number of carbonyl (C=O) groups is 2. The van der Waals surface area contributed by atoms with Crippen molar-refractivity contribution in [2.45, 2.75) is 51.9 Å². The quantitative estimate of drug-likeness (QED) is 0.683. The molecule has 0 aromatic rings. The molecule has 2 rings (SSSR count). The lowest BCUT2D eigenvalue weighted by molar-refractivity contribution is -0.147. The smallest absolute Gasteiger partial charge is 0.228 e. The Morgan fingerprint density at radius 1 is 1.19 bits per heavy atom. The van der Waals surface area contributed by atoms with Gasteiger partial charge < -0.3 is 4.90 Å². The van der Waals surface area contributed by atoms with E-state index in [1.807, 2.05) is 0 Å². The van der Waals surface area contributed by atoms with Gasteiger partial charge in [-0.05, 0) is 19.3 Å². The molecule has 1 saturated carbocycles. The highest BCUT2D eigenvalue weighted by molar-refractivity contribution is 5.89. The van der Waals surface area contributed by atoms with E-state index in [2.05, 4.69) is 6.92 Å². The second kappa shape index (κ2) is 4.56. The Balaban J connectivity index is 2.02. The van der Waals surface area contributed by atoms with Crippen molar-refractivity contribution in [3.63, 3.8) is 0 Å². The molecule has 1 aliphatic carbocycles. The second-order valence-electron chi connectivity index (χ2n) is 5.49. The lowest BCUT2D eigenvalue weighted by Crippen LogP contribution is -2.48. The first-order valence-corrected chi connectivity index (χ1v) is 6.43. The van der Waals surface area contributed by atoms with E-state index in [0.29, 0.717) is 13.0 Å². The molecular formula is C13H21NO2. The normalized spacial score (nSPS) is 25.6. The molecule has 1 saturated heterocycles. The van der Waals surface area contributed by atoms with E-state index in [4.69, 9.17) is 0 Å². The number of rotatable bonds is 1. The van der Waals surface area contributed by atoms with Gasteiger partial charge in [0, 0.05) is 18.4 Å². The molecular weight excluding hydrogens is 202 g/mol. The minimum absolute atomic E-state index is 0.185. The van der Waals surface area contributed by atoms with Gasteiger partial charge in [0.1, 0.15) is 0 Å². The maximum atomic E-state index is 12.4. The topological polar surface area (TPSA) is 37.4 Å². The summed E-state index contributed by atoms with van der Waals surface area (Å²) in [5.74, 6) is 0.444. The summed E-state index contributed by atoms with van der Waals surface area (Å²) in [5, 5.41) is 0. The van der Waals surface area contributed by atoms with Crippen molar-refractivity contribution in [3.8, 4) is 0 Å². The third kappa shape index (κ3) is 2.28. The van der Waals surface area contributed by atoms with Gasteiger partial charge in [-0.3, -0.25) is 9.59 Å². The molecule has 0 radical (unpaired) electrons. The molecule has 3 heteroatoms. The van der Waals surface area contributed by atoms with Gasteiger partial charge >= 0.3 is 0 Å². The van der Waals surface area contributed by atoms with Crippen LogP contribution in [-0.4, -0.2) is 29.7 Å². The number of piperidine rings is 1. The fourth-order valence-corrected chi connectivity index (χ4v) is 2.94. The van der Waals surface area contributed by atoms with Crippen LogP contribution >= 0.6 is 0 Å². The van der Waals surface area contributed by atoms with Crippen LogP contribution in [0.15, 0.2) is 0 Å². The van der Waals surface area contributed by atoms with Gasteiger partial charge in [-0.1, -0.05) is 26.2 Å². The molecule has 3 nitrogen and oxygen atoms in total. The first-order valence-electron chi connectivity index (χ1n) is 6.43. The first kappa shape index (κ1) is 11.6. The lowest BCUT2D eigenvalue weighted by Gasteiger charge is -2.38. The summed E-state index contributed by atoms with van der Waals surface area (Å²) in [6.07, 6.45) is 7.06. The van der Waals surface area contributed by atoms with Crippen LogP contribution in [0, 0.1) is 5.41 Å². The third-order valence-corrected chi connectivity index (χ3v) is 4.01. The zero-order chi connectivity index (χ0) is 11.6. The highest BCUT2D eigenvalue weighted by Gasteiger charge is 2.38. The van der Waals surface area contributed by atoms with E-state index in [0.717, 1.165) is 38.6 Å². The molecule has 0 spiro atoms. The summed E-state index contributed by atoms with van der Waals surface area (Å²) in [4.78, 5) is 25.6. The van der Waals surface area contributed by atoms with Crippen molar-refractivity contribution in [2.24, 2.45) is 5.41 Å². The molecule has 1 heterocycles. The Morgan fingerprint density at radius 2 is 1.88 bits per heavy atom. The molecule has 16 heavy (non-hydrogen) atoms. The van der Waals surface area contributed by atoms with Crippen LogP contribution in [0.4, 0.5) is 0 Å². The predicted molar refractivity (Wildman–Crippen MR) is 62.0 cm³/mol. The zero-order valence-corrected chi connectivity index (χ0v) is 10.1. The summed E-state index contributed by atoms with van der Waals surface area (Å²) < 4.78 is 0. The number of hydrogen-bond acceptors (Lipinski definition) is 2. The van der Waals surface area contributed by atoms with Crippen LogP contribution in [-0.2, 0) is 9.59 Å². The number of likely N-dealkylation sites (tertiary alicyclic amines) is 1. The van der Waals surface area contributed by atoms with Crippen molar-refractivity contribution < 1.29 is 9.59 Å². The van der Waals surface area contributed by atoms with E-state index >= 15 is 0 Å². The van der Waals surface area contributed by atoms with Crippen LogP contribution in [0.2, 0.25) is 0 Å². The number of carbonyl (C=O) groups excluding carboxylic acids is 2. The minimum Gasteiger partial charge on any atom is -0.335 e. The van der Waals surface area contributed by atoms with E-state index in [9.17, 15) is 9.59 Å². The number of ketones is 1. The van der Waals surface area contributed by atoms with Crippen molar-refractivity contribution >= 4 is 11.7 Å². The molecule has 1 aliphatic heterocycles. The van der Waals surface area contributed by atoms with Crippen molar-refractivity contribution in [1.82, 2.24) is 4.90 Å². The molecule has 0 bridgehead atoms. The number of Topliss-reactive ketones (excluding diaryl/α,β-unsaturated/α-hetero) is 1. The molecule has 0 aromatic carbocycles. The summed E-state index contributed by atoms with van der Waals surface area (Å²) in [5.41, 5.74) is -0.185. The average molecular weight is 223 g/mol. The number of nitrogens with zero attached hydrogens (tertiary/aromatic N) is 1. The monoisotopic (exact) mass is 223 g/mol. The predicted octanol–water partition coefficient (Wildman–Crippen LogP) is 2.15. The Morgan fingerprint density at radius 3 is 2.50 bits per heavy atom. The Bertz CT molecular complexity index is 292. The molecule has 90 valence electrons. The molecule has 2 fully saturated rings. The van der Waals surface area contributed by atoms with E-state index < -0.39 is 0 Å². The highest BCUT2D eigenvalue weighted by Crippen LogP contribution is 2.37. The largest absolute Gasteiger partial charge is 0.335 e. The minimum atomic E-state index is -0.185. The van der Waals surface area contributed by atoms with E-state index in [1.165, 1.54) is 6.42 Å². The summed E-state index contributed by atoms with van der Waals surface area (Å²) in [6.45, 7) is 3.21. The van der Waals surface area contributed by atoms with Crippen LogP contribution in [0.5, 0.6) is 0 Å². The van der Waals surface area contributed by atoms with Crippen LogP contribution < -0.4 is 0 Å². The van der Waals surface area contributed by atoms with Gasteiger partial charge in [0.25, 0.3) is 0 Å². The van der Waals surface area contributed by atoms with Gasteiger partial charge in [0.15, 0.2) is 5.78 Å². The van der Waals surface area contributed by atoms with Gasteiger partial charge in [-0.2, -0.15) is 0 Å². The number of hydrogen-bond donors (Lipinski definition) is 0. The molecule has 0 N–H and O–H groups in total. The third-order valence-electron chi connectivity index (χ3n) is 4.01. The Hall–Kier alpha value is -0.860. The maximum Gasteiger partial charge on any atom is 0.228 e. The van der Waals surface area contributed by atoms with Crippen LogP contribution in [0.3, 0.4) is 0 Å². The molecule has 0 atom stereocenters. The van der Waals surface area contributed by atoms with E-state index in [1.54, 1.807) is 4.90 Å². The second-order valence-corrected chi connectivity index (χ2v) is 5.49. The van der Waals surface area contributed by atoms with Crippen molar-refractivity contribution in [1.29, 1.82) is 0 Å². The summed E-state index contributed by atoms with van der Waals surface area (Å²) in [6, 6.07) is 0. The van der Waals surface area contributed by atoms with Crippen LogP contribution in [0.25, 0.3) is 0 Å². The van der Waals surface area contributed by atoms with Crippen LogP contribution in [0.1, 0.15) is 51.9 Å². The average Bonchev–Trinajstić information content (AvgIpc) is 2.29. The number of amides is 1. The van der Waals surface area contributed by atoms with Crippen molar-refractivity contribution in [2.75, 3.05) is 13.1 Å². The molecule has 0 unspecified atom stereocenters. The fourth-order valence-electron chi connectivity index (χ4n) is 2.94. The summed E-state index contributed by atoms with van der Waals surface area (Å²) >= 11 is 0. The molecule has 1 amide bonds. The SMILES string of the molecule is CC1(C(=O)N2CCCC(=O)C2)CCCCC1. The maximum absolute atomic E-state index is 12.4. The highest BCUT2D eigenvalue weighted by atomic mass is 16.2. The van der Waals surface area contributed by atoms with Crippen molar-refractivity contribution in [3.05, 3.63) is 0 Å². The van der Waals surface area contributed by atoms with Gasteiger partial charge in [0.2, 0.25) is 5.91 Å². The summed E-state index contributed by atoms with van der Waals surface area (Å²) in [7, 11) is 0. The zero-order valence-electron chi connectivity index (χ0n) is 10.1. The molecule has 0 aromatic heterocycles. The van der Waals surface area contributed by atoms with E-state index in [-0.39, 0.29) is 17.1 Å². The first-order chi connectivity index (χ1) is 7.62. The van der Waals surface area contributed by atoms with Gasteiger partial charge in [-0.25, -0.2) is 0 Å².